The van der Waals surface area contributed by atoms with E-state index in [0.717, 1.165) is 6.07 Å². The van der Waals surface area contributed by atoms with Crippen LogP contribution in [0.15, 0.2) is 18.2 Å². The standard InChI is InChI=1S/C9H4ClF3N2O/c10-8-14-6-2-1-4(16)3-5(6)7(15-8)9(11,12)13/h1-3,16H. The molecule has 2 aromatic rings. The van der Waals surface area contributed by atoms with Crippen molar-refractivity contribution >= 4 is 22.5 Å². The minimum Gasteiger partial charge on any atom is -0.508 e. The van der Waals surface area contributed by atoms with Crippen LogP contribution in [0, 0.1) is 0 Å². The summed E-state index contributed by atoms with van der Waals surface area (Å²) in [6.45, 7) is 0. The molecule has 0 atom stereocenters. The first-order valence-corrected chi connectivity index (χ1v) is 4.49. The molecule has 0 saturated carbocycles. The Kier molecular flexibility index (Phi) is 2.38. The first-order valence-electron chi connectivity index (χ1n) is 4.11. The lowest BCUT2D eigenvalue weighted by Gasteiger charge is -2.09. The van der Waals surface area contributed by atoms with Gasteiger partial charge in [-0.25, -0.2) is 9.97 Å². The Balaban J connectivity index is 2.85. The average Bonchev–Trinajstić information content (AvgIpc) is 2.16. The topological polar surface area (TPSA) is 46.0 Å². The van der Waals surface area contributed by atoms with Gasteiger partial charge >= 0.3 is 6.18 Å². The second-order valence-corrected chi connectivity index (χ2v) is 3.38. The zero-order chi connectivity index (χ0) is 11.9. The molecule has 0 radical (unpaired) electrons. The van der Waals surface area contributed by atoms with Crippen LogP contribution in [-0.4, -0.2) is 15.1 Å². The summed E-state index contributed by atoms with van der Waals surface area (Å²) in [4.78, 5) is 6.77. The van der Waals surface area contributed by atoms with Crippen LogP contribution in [0.3, 0.4) is 0 Å². The number of halogens is 4. The van der Waals surface area contributed by atoms with Gasteiger partial charge in [0.15, 0.2) is 5.69 Å². The van der Waals surface area contributed by atoms with Gasteiger partial charge in [0.05, 0.1) is 5.52 Å². The highest BCUT2D eigenvalue weighted by molar-refractivity contribution is 6.28. The monoisotopic (exact) mass is 248 g/mol. The van der Waals surface area contributed by atoms with Gasteiger partial charge in [0.2, 0.25) is 5.28 Å². The maximum atomic E-state index is 12.6. The molecule has 1 heterocycles. The number of aromatic hydroxyl groups is 1. The lowest BCUT2D eigenvalue weighted by molar-refractivity contribution is -0.139. The molecule has 0 aliphatic heterocycles. The number of hydrogen-bond donors (Lipinski definition) is 1. The highest BCUT2D eigenvalue weighted by atomic mass is 35.5. The molecule has 2 rings (SSSR count). The van der Waals surface area contributed by atoms with Gasteiger partial charge in [0.25, 0.3) is 0 Å². The summed E-state index contributed by atoms with van der Waals surface area (Å²) in [5.74, 6) is -0.288. The van der Waals surface area contributed by atoms with E-state index < -0.39 is 17.2 Å². The number of nitrogens with zero attached hydrogens (tertiary/aromatic N) is 2. The van der Waals surface area contributed by atoms with Crippen molar-refractivity contribution in [1.29, 1.82) is 0 Å². The van der Waals surface area contributed by atoms with Crippen molar-refractivity contribution in [3.05, 3.63) is 29.2 Å². The van der Waals surface area contributed by atoms with Crippen molar-refractivity contribution in [2.45, 2.75) is 6.18 Å². The van der Waals surface area contributed by atoms with Crippen LogP contribution >= 0.6 is 11.6 Å². The zero-order valence-electron chi connectivity index (χ0n) is 7.59. The number of hydrogen-bond acceptors (Lipinski definition) is 3. The molecule has 1 aromatic heterocycles. The fraction of sp³-hybridized carbons (Fsp3) is 0.111. The Morgan fingerprint density at radius 1 is 1.19 bits per heavy atom. The summed E-state index contributed by atoms with van der Waals surface area (Å²) < 4.78 is 37.8. The predicted octanol–water partition coefficient (Wildman–Crippen LogP) is 3.01. The van der Waals surface area contributed by atoms with Crippen LogP contribution in [0.1, 0.15) is 5.69 Å². The van der Waals surface area contributed by atoms with E-state index in [4.69, 9.17) is 16.7 Å². The third-order valence-electron chi connectivity index (χ3n) is 1.92. The van der Waals surface area contributed by atoms with Crippen molar-refractivity contribution in [3.8, 4) is 5.75 Å². The van der Waals surface area contributed by atoms with E-state index >= 15 is 0 Å². The molecular weight excluding hydrogens is 245 g/mol. The highest BCUT2D eigenvalue weighted by Crippen LogP contribution is 2.34. The molecule has 3 nitrogen and oxygen atoms in total. The van der Waals surface area contributed by atoms with E-state index in [1.807, 2.05) is 0 Å². The molecule has 0 fully saturated rings. The first kappa shape index (κ1) is 10.9. The van der Waals surface area contributed by atoms with Gasteiger partial charge in [-0.05, 0) is 29.8 Å². The summed E-state index contributed by atoms with van der Waals surface area (Å²) in [6, 6.07) is 3.42. The van der Waals surface area contributed by atoms with Crippen molar-refractivity contribution in [2.75, 3.05) is 0 Å². The fourth-order valence-electron chi connectivity index (χ4n) is 1.30. The van der Waals surface area contributed by atoms with Crippen LogP contribution < -0.4 is 0 Å². The molecule has 1 N–H and O–H groups in total. The van der Waals surface area contributed by atoms with Crippen LogP contribution in [0.4, 0.5) is 13.2 Å². The molecule has 0 bridgehead atoms. The summed E-state index contributed by atoms with van der Waals surface area (Å²) in [5.41, 5.74) is -1.12. The number of rotatable bonds is 0. The molecule has 1 aromatic carbocycles. The van der Waals surface area contributed by atoms with Crippen LogP contribution in [0.25, 0.3) is 10.9 Å². The smallest absolute Gasteiger partial charge is 0.434 e. The summed E-state index contributed by atoms with van der Waals surface area (Å²) in [7, 11) is 0. The molecule has 0 amide bonds. The van der Waals surface area contributed by atoms with Crippen LogP contribution in [-0.2, 0) is 6.18 Å². The Hall–Kier alpha value is -1.56. The number of phenolic OH excluding ortho intramolecular Hbond substituents is 1. The van der Waals surface area contributed by atoms with Crippen molar-refractivity contribution in [1.82, 2.24) is 9.97 Å². The Bertz CT molecular complexity index is 556. The maximum absolute atomic E-state index is 12.6. The number of alkyl halides is 3. The molecule has 0 saturated heterocycles. The molecule has 16 heavy (non-hydrogen) atoms. The molecular formula is C9H4ClF3N2O. The van der Waals surface area contributed by atoms with Crippen molar-refractivity contribution in [2.24, 2.45) is 0 Å². The van der Waals surface area contributed by atoms with Gasteiger partial charge in [-0.2, -0.15) is 13.2 Å². The highest BCUT2D eigenvalue weighted by Gasteiger charge is 2.35. The molecule has 0 spiro atoms. The Labute approximate surface area is 92.5 Å². The second kappa shape index (κ2) is 3.48. The summed E-state index contributed by atoms with van der Waals surface area (Å²) in [6.07, 6.45) is -4.64. The Morgan fingerprint density at radius 2 is 1.88 bits per heavy atom. The van der Waals surface area contributed by atoms with Gasteiger partial charge in [-0.15, -0.1) is 0 Å². The van der Waals surface area contributed by atoms with E-state index in [1.54, 1.807) is 0 Å². The summed E-state index contributed by atoms with van der Waals surface area (Å²) in [5, 5.41) is 8.37. The SMILES string of the molecule is Oc1ccc2nc(Cl)nc(C(F)(F)F)c2c1. The van der Waals surface area contributed by atoms with E-state index in [-0.39, 0.29) is 16.7 Å². The van der Waals surface area contributed by atoms with E-state index in [0.29, 0.717) is 0 Å². The molecule has 0 aliphatic carbocycles. The van der Waals surface area contributed by atoms with Gasteiger partial charge in [-0.3, -0.25) is 0 Å². The number of benzene rings is 1. The Morgan fingerprint density at radius 3 is 2.50 bits per heavy atom. The van der Waals surface area contributed by atoms with E-state index in [2.05, 4.69) is 9.97 Å². The van der Waals surface area contributed by atoms with Crippen LogP contribution in [0.5, 0.6) is 5.75 Å². The van der Waals surface area contributed by atoms with Crippen LogP contribution in [0.2, 0.25) is 5.28 Å². The normalized spacial score (nSPS) is 12.0. The number of aromatic nitrogens is 2. The minimum atomic E-state index is -4.64. The van der Waals surface area contributed by atoms with Crippen molar-refractivity contribution in [3.63, 3.8) is 0 Å². The summed E-state index contributed by atoms with van der Waals surface area (Å²) >= 11 is 5.38. The third kappa shape index (κ3) is 1.88. The van der Waals surface area contributed by atoms with Gasteiger partial charge in [0, 0.05) is 5.39 Å². The fourth-order valence-corrected chi connectivity index (χ4v) is 1.48. The molecule has 84 valence electrons. The minimum absolute atomic E-state index is 0.0325. The lowest BCUT2D eigenvalue weighted by Crippen LogP contribution is -2.09. The molecule has 0 unspecified atom stereocenters. The van der Waals surface area contributed by atoms with Gasteiger partial charge in [0.1, 0.15) is 5.75 Å². The van der Waals surface area contributed by atoms with Gasteiger partial charge < -0.3 is 5.11 Å². The second-order valence-electron chi connectivity index (χ2n) is 3.04. The average molecular weight is 249 g/mol. The molecule has 7 heteroatoms. The quantitative estimate of drug-likeness (QED) is 0.729. The van der Waals surface area contributed by atoms with E-state index in [1.165, 1.54) is 12.1 Å². The van der Waals surface area contributed by atoms with Gasteiger partial charge in [-0.1, -0.05) is 0 Å². The third-order valence-corrected chi connectivity index (χ3v) is 2.09. The zero-order valence-corrected chi connectivity index (χ0v) is 8.34. The molecule has 0 aliphatic rings. The lowest BCUT2D eigenvalue weighted by atomic mass is 10.2. The number of fused-ring (bicyclic) bond motifs is 1. The van der Waals surface area contributed by atoms with Crippen molar-refractivity contribution < 1.29 is 18.3 Å². The predicted molar refractivity (Wildman–Crippen MR) is 51.2 cm³/mol. The first-order chi connectivity index (χ1) is 7.38. The largest absolute Gasteiger partial charge is 0.508 e. The van der Waals surface area contributed by atoms with E-state index in [9.17, 15) is 13.2 Å². The number of phenols is 1. The maximum Gasteiger partial charge on any atom is 0.434 e.